The minimum atomic E-state index is -0.512. The minimum Gasteiger partial charge on any atom is -0.207 e. The van der Waals surface area contributed by atoms with Gasteiger partial charge in [0.1, 0.15) is 11.6 Å². The van der Waals surface area contributed by atoms with E-state index < -0.39 is 11.6 Å². The van der Waals surface area contributed by atoms with Crippen molar-refractivity contribution in [1.29, 1.82) is 0 Å². The lowest BCUT2D eigenvalue weighted by atomic mass is 9.98. The number of rotatable bonds is 5. The van der Waals surface area contributed by atoms with Gasteiger partial charge in [0.15, 0.2) is 0 Å². The highest BCUT2D eigenvalue weighted by Crippen LogP contribution is 2.27. The Morgan fingerprint density at radius 1 is 0.680 bits per heavy atom. The van der Waals surface area contributed by atoms with Crippen molar-refractivity contribution in [2.24, 2.45) is 0 Å². The van der Waals surface area contributed by atoms with Crippen LogP contribution < -0.4 is 0 Å². The van der Waals surface area contributed by atoms with Crippen LogP contribution in [0.5, 0.6) is 0 Å². The molecule has 128 valence electrons. The van der Waals surface area contributed by atoms with Crippen LogP contribution in [0.3, 0.4) is 0 Å². The molecule has 0 bridgehead atoms. The largest absolute Gasteiger partial charge is 0.207 e. The highest BCUT2D eigenvalue weighted by Gasteiger charge is 2.08. The first-order valence-electron chi connectivity index (χ1n) is 8.74. The smallest absolute Gasteiger partial charge is 0.129 e. The molecule has 0 saturated carbocycles. The molecule has 0 fully saturated rings. The molecule has 2 heteroatoms. The second-order valence-electron chi connectivity index (χ2n) is 6.44. The summed E-state index contributed by atoms with van der Waals surface area (Å²) in [5.41, 5.74) is 5.02. The van der Waals surface area contributed by atoms with Crippen LogP contribution in [0.1, 0.15) is 30.9 Å². The summed E-state index contributed by atoms with van der Waals surface area (Å²) < 4.78 is 27.5. The third kappa shape index (κ3) is 3.96. The molecule has 0 aliphatic heterocycles. The highest BCUT2D eigenvalue weighted by molar-refractivity contribution is 5.70. The van der Waals surface area contributed by atoms with Gasteiger partial charge in [-0.15, -0.1) is 0 Å². The lowest BCUT2D eigenvalue weighted by Crippen LogP contribution is -1.90. The average molecular weight is 336 g/mol. The molecule has 0 unspecified atom stereocenters. The zero-order valence-electron chi connectivity index (χ0n) is 14.7. The van der Waals surface area contributed by atoms with Crippen LogP contribution in [-0.4, -0.2) is 0 Å². The molecule has 25 heavy (non-hydrogen) atoms. The number of hydrogen-bond donors (Lipinski definition) is 0. The maximum atomic E-state index is 13.8. The minimum absolute atomic E-state index is 0.0588. The van der Waals surface area contributed by atoms with Gasteiger partial charge in [0, 0.05) is 5.56 Å². The van der Waals surface area contributed by atoms with Crippen molar-refractivity contribution in [3.8, 4) is 22.3 Å². The molecule has 0 aliphatic rings. The Labute approximate surface area is 148 Å². The van der Waals surface area contributed by atoms with Crippen LogP contribution >= 0.6 is 0 Å². The Kier molecular flexibility index (Phi) is 5.28. The molecule has 0 radical (unpaired) electrons. The Morgan fingerprint density at radius 2 is 1.12 bits per heavy atom. The summed E-state index contributed by atoms with van der Waals surface area (Å²) in [6.07, 6.45) is 3.52. The first-order chi connectivity index (χ1) is 12.1. The summed E-state index contributed by atoms with van der Waals surface area (Å²) in [4.78, 5) is 0. The van der Waals surface area contributed by atoms with E-state index in [-0.39, 0.29) is 5.56 Å². The van der Waals surface area contributed by atoms with E-state index in [0.29, 0.717) is 5.56 Å². The molecule has 0 N–H and O–H groups in total. The molecule has 0 amide bonds. The number of halogens is 2. The maximum absolute atomic E-state index is 13.8. The summed E-state index contributed by atoms with van der Waals surface area (Å²) in [5.74, 6) is -1.02. The zero-order valence-corrected chi connectivity index (χ0v) is 14.7. The van der Waals surface area contributed by atoms with E-state index >= 15 is 0 Å². The van der Waals surface area contributed by atoms with Gasteiger partial charge in [-0.25, -0.2) is 8.78 Å². The lowest BCUT2D eigenvalue weighted by Gasteiger charge is -2.08. The van der Waals surface area contributed by atoms with Gasteiger partial charge in [0.2, 0.25) is 0 Å². The van der Waals surface area contributed by atoms with Crippen LogP contribution in [0.2, 0.25) is 0 Å². The van der Waals surface area contributed by atoms with Crippen LogP contribution in [0.25, 0.3) is 22.3 Å². The molecular weight excluding hydrogens is 314 g/mol. The van der Waals surface area contributed by atoms with E-state index in [0.717, 1.165) is 23.1 Å². The second kappa shape index (κ2) is 7.60. The standard InChI is InChI=1S/C23H22F2/c1-3-4-5-17-6-8-18(9-7-17)19-10-12-20(13-11-19)21-14-22(24)16(2)23(25)15-21/h6-15H,3-5H2,1-2H3. The highest BCUT2D eigenvalue weighted by atomic mass is 19.1. The van der Waals surface area contributed by atoms with Crippen LogP contribution in [-0.2, 0) is 6.42 Å². The topological polar surface area (TPSA) is 0 Å². The van der Waals surface area contributed by atoms with Gasteiger partial charge in [0.05, 0.1) is 0 Å². The van der Waals surface area contributed by atoms with E-state index in [1.165, 1.54) is 37.5 Å². The normalized spacial score (nSPS) is 10.9. The molecule has 3 aromatic rings. The van der Waals surface area contributed by atoms with E-state index in [9.17, 15) is 8.78 Å². The molecule has 0 saturated heterocycles. The number of hydrogen-bond acceptors (Lipinski definition) is 0. The van der Waals surface area contributed by atoms with Crippen molar-refractivity contribution in [3.05, 3.63) is 83.4 Å². The number of aryl methyl sites for hydroxylation is 1. The summed E-state index contributed by atoms with van der Waals surface area (Å²) in [6.45, 7) is 3.64. The second-order valence-corrected chi connectivity index (χ2v) is 6.44. The van der Waals surface area contributed by atoms with Crippen molar-refractivity contribution in [2.45, 2.75) is 33.1 Å². The molecule has 0 nitrogen and oxygen atoms in total. The molecule has 0 atom stereocenters. The van der Waals surface area contributed by atoms with Crippen molar-refractivity contribution in [3.63, 3.8) is 0 Å². The number of unbranched alkanes of at least 4 members (excludes halogenated alkanes) is 1. The maximum Gasteiger partial charge on any atom is 0.129 e. The van der Waals surface area contributed by atoms with Gasteiger partial charge in [-0.3, -0.25) is 0 Å². The van der Waals surface area contributed by atoms with Crippen LogP contribution in [0, 0.1) is 18.6 Å². The fraction of sp³-hybridized carbons (Fsp3) is 0.217. The Balaban J connectivity index is 1.82. The Hall–Kier alpha value is -2.48. The predicted molar refractivity (Wildman–Crippen MR) is 101 cm³/mol. The van der Waals surface area contributed by atoms with E-state index in [2.05, 4.69) is 31.2 Å². The molecule has 3 aromatic carbocycles. The zero-order chi connectivity index (χ0) is 17.8. The quantitative estimate of drug-likeness (QED) is 0.473. The first-order valence-corrected chi connectivity index (χ1v) is 8.74. The van der Waals surface area contributed by atoms with Gasteiger partial charge in [-0.1, -0.05) is 61.9 Å². The molecule has 3 rings (SSSR count). The van der Waals surface area contributed by atoms with Gasteiger partial charge in [0.25, 0.3) is 0 Å². The van der Waals surface area contributed by atoms with Gasteiger partial charge in [-0.05, 0) is 59.7 Å². The first kappa shape index (κ1) is 17.3. The molecule has 0 aliphatic carbocycles. The summed E-state index contributed by atoms with van der Waals surface area (Å²) in [5, 5.41) is 0. The van der Waals surface area contributed by atoms with Gasteiger partial charge >= 0.3 is 0 Å². The summed E-state index contributed by atoms with van der Waals surface area (Å²) in [7, 11) is 0. The monoisotopic (exact) mass is 336 g/mol. The summed E-state index contributed by atoms with van der Waals surface area (Å²) in [6, 6.07) is 19.2. The van der Waals surface area contributed by atoms with Crippen LogP contribution in [0.4, 0.5) is 8.78 Å². The predicted octanol–water partition coefficient (Wildman–Crippen LogP) is 6.95. The third-order valence-electron chi connectivity index (χ3n) is 4.61. The fourth-order valence-electron chi connectivity index (χ4n) is 2.91. The van der Waals surface area contributed by atoms with E-state index in [1.807, 2.05) is 24.3 Å². The van der Waals surface area contributed by atoms with Crippen LogP contribution in [0.15, 0.2) is 60.7 Å². The Morgan fingerprint density at radius 3 is 1.60 bits per heavy atom. The van der Waals surface area contributed by atoms with Crippen molar-refractivity contribution < 1.29 is 8.78 Å². The van der Waals surface area contributed by atoms with Crippen molar-refractivity contribution in [1.82, 2.24) is 0 Å². The van der Waals surface area contributed by atoms with E-state index in [4.69, 9.17) is 0 Å². The van der Waals surface area contributed by atoms with Gasteiger partial charge in [-0.2, -0.15) is 0 Å². The lowest BCUT2D eigenvalue weighted by molar-refractivity contribution is 0.569. The molecule has 0 aromatic heterocycles. The number of benzene rings is 3. The molecule has 0 spiro atoms. The average Bonchev–Trinajstić information content (AvgIpc) is 2.64. The third-order valence-corrected chi connectivity index (χ3v) is 4.61. The molecule has 0 heterocycles. The molecular formula is C23H22F2. The van der Waals surface area contributed by atoms with Crippen molar-refractivity contribution in [2.75, 3.05) is 0 Å². The SMILES string of the molecule is CCCCc1ccc(-c2ccc(-c3cc(F)c(C)c(F)c3)cc2)cc1. The van der Waals surface area contributed by atoms with Gasteiger partial charge < -0.3 is 0 Å². The van der Waals surface area contributed by atoms with E-state index in [1.54, 1.807) is 0 Å². The fourth-order valence-corrected chi connectivity index (χ4v) is 2.91. The van der Waals surface area contributed by atoms with Crippen molar-refractivity contribution >= 4 is 0 Å². The summed E-state index contributed by atoms with van der Waals surface area (Å²) >= 11 is 0. The Bertz CT molecular complexity index is 823.